The molecule has 0 bridgehead atoms. The molecule has 0 saturated heterocycles. The molecule has 21 heavy (non-hydrogen) atoms. The second-order valence-electron chi connectivity index (χ2n) is 6.40. The lowest BCUT2D eigenvalue weighted by Gasteiger charge is -2.58. The number of rotatable bonds is 2. The summed E-state index contributed by atoms with van der Waals surface area (Å²) >= 11 is 0. The zero-order valence-corrected chi connectivity index (χ0v) is 12.8. The highest BCUT2D eigenvalue weighted by Crippen LogP contribution is 2.64. The first kappa shape index (κ1) is 14.1. The topological polar surface area (TPSA) is 43.4 Å². The molecule has 4 atom stereocenters. The predicted molar refractivity (Wildman–Crippen MR) is 79.8 cm³/mol. The van der Waals surface area contributed by atoms with Gasteiger partial charge in [0, 0.05) is 17.9 Å². The zero-order chi connectivity index (χ0) is 15.4. The number of Topliss-reactive ketones (excluding diaryl/α,β-unsaturated/α-hetero) is 1. The minimum Gasteiger partial charge on any atom is -0.493 e. The van der Waals surface area contributed by atoms with E-state index in [1.165, 1.54) is 24.3 Å². The van der Waals surface area contributed by atoms with Crippen LogP contribution in [0.3, 0.4) is 0 Å². The molecule has 0 aliphatic heterocycles. The third-order valence-electron chi connectivity index (χ3n) is 5.38. The molecule has 0 unspecified atom stereocenters. The normalized spacial score (nSPS) is 34.9. The summed E-state index contributed by atoms with van der Waals surface area (Å²) in [5.74, 6) is 0.186. The lowest BCUT2D eigenvalue weighted by atomic mass is 9.42. The molecule has 3 nitrogen and oxygen atoms in total. The average Bonchev–Trinajstić information content (AvgIpc) is 2.45. The summed E-state index contributed by atoms with van der Waals surface area (Å²) < 4.78 is 5.13. The van der Waals surface area contributed by atoms with Gasteiger partial charge in [-0.15, -0.1) is 0 Å². The van der Waals surface area contributed by atoms with E-state index in [1.54, 1.807) is 0 Å². The first-order valence-electron chi connectivity index (χ1n) is 7.32. The van der Waals surface area contributed by atoms with E-state index in [0.29, 0.717) is 0 Å². The average molecular weight is 284 g/mol. The summed E-state index contributed by atoms with van der Waals surface area (Å²) in [4.78, 5) is 25.1. The smallest absolute Gasteiger partial charge is 0.204 e. The van der Waals surface area contributed by atoms with E-state index in [-0.39, 0.29) is 35.1 Å². The van der Waals surface area contributed by atoms with Crippen LogP contribution in [0.5, 0.6) is 0 Å². The van der Waals surface area contributed by atoms with Crippen molar-refractivity contribution in [3.63, 3.8) is 0 Å². The van der Waals surface area contributed by atoms with Crippen LogP contribution in [-0.4, -0.2) is 18.7 Å². The van der Waals surface area contributed by atoms with Gasteiger partial charge in [0.05, 0.1) is 12.5 Å². The van der Waals surface area contributed by atoms with Crippen LogP contribution in [0.2, 0.25) is 0 Å². The van der Waals surface area contributed by atoms with E-state index in [2.05, 4.69) is 26.0 Å². The van der Waals surface area contributed by atoms with Gasteiger partial charge in [-0.25, -0.2) is 0 Å². The fourth-order valence-electron chi connectivity index (χ4n) is 4.44. The van der Waals surface area contributed by atoms with Gasteiger partial charge in [-0.2, -0.15) is 0 Å². The largest absolute Gasteiger partial charge is 0.493 e. The molecule has 0 radical (unpaired) electrons. The molecule has 0 heterocycles. The van der Waals surface area contributed by atoms with Crippen molar-refractivity contribution in [2.45, 2.75) is 26.7 Å². The second-order valence-corrected chi connectivity index (χ2v) is 6.40. The highest BCUT2D eigenvalue weighted by Gasteiger charge is 2.66. The first-order valence-corrected chi connectivity index (χ1v) is 7.32. The monoisotopic (exact) mass is 284 g/mol. The number of aryl methyl sites for hydroxylation is 1. The highest BCUT2D eigenvalue weighted by molar-refractivity contribution is 6.13. The van der Waals surface area contributed by atoms with Crippen LogP contribution >= 0.6 is 0 Å². The molecular formula is C18H20O3. The summed E-state index contributed by atoms with van der Waals surface area (Å²) in [6.45, 7) is 6.04. The molecule has 3 heteroatoms. The maximum Gasteiger partial charge on any atom is 0.204 e. The Hall–Kier alpha value is -1.90. The molecule has 1 aromatic rings. The van der Waals surface area contributed by atoms with Gasteiger partial charge in [-0.05, 0) is 24.0 Å². The second kappa shape index (κ2) is 4.55. The molecule has 0 amide bonds. The van der Waals surface area contributed by atoms with E-state index in [0.717, 1.165) is 0 Å². The van der Waals surface area contributed by atoms with Gasteiger partial charge in [0.25, 0.3) is 0 Å². The van der Waals surface area contributed by atoms with E-state index in [4.69, 9.17) is 4.74 Å². The van der Waals surface area contributed by atoms with Crippen LogP contribution in [0.25, 0.3) is 0 Å². The van der Waals surface area contributed by atoms with Crippen LogP contribution in [0, 0.1) is 24.2 Å². The molecule has 110 valence electrons. The van der Waals surface area contributed by atoms with E-state index >= 15 is 0 Å². The third-order valence-corrected chi connectivity index (χ3v) is 5.38. The number of ether oxygens (including phenoxy) is 1. The van der Waals surface area contributed by atoms with Gasteiger partial charge < -0.3 is 4.74 Å². The summed E-state index contributed by atoms with van der Waals surface area (Å²) in [5, 5.41) is 0. The Labute approximate surface area is 125 Å². The SMILES string of the molecule is COC1=CC(=O)[C@@H]2[C@H](C)[C@@H](c3ccccc3C)[C@]2(C)C1=O. The van der Waals surface area contributed by atoms with Crippen LogP contribution in [-0.2, 0) is 14.3 Å². The molecule has 0 aromatic heterocycles. The third kappa shape index (κ3) is 1.66. The predicted octanol–water partition coefficient (Wildman–Crippen LogP) is 3.03. The van der Waals surface area contributed by atoms with E-state index in [9.17, 15) is 9.59 Å². The number of carbonyl (C=O) groups is 2. The number of methoxy groups -OCH3 is 1. The molecule has 0 N–H and O–H groups in total. The Bertz CT molecular complexity index is 658. The van der Waals surface area contributed by atoms with Crippen molar-refractivity contribution in [2.75, 3.05) is 7.11 Å². The van der Waals surface area contributed by atoms with Crippen molar-refractivity contribution in [2.24, 2.45) is 17.3 Å². The number of allylic oxidation sites excluding steroid dienone is 2. The van der Waals surface area contributed by atoms with Crippen molar-refractivity contribution in [1.82, 2.24) is 0 Å². The fourth-order valence-corrected chi connectivity index (χ4v) is 4.44. The van der Waals surface area contributed by atoms with Crippen molar-refractivity contribution in [3.05, 3.63) is 47.2 Å². The van der Waals surface area contributed by atoms with Crippen molar-refractivity contribution in [1.29, 1.82) is 0 Å². The Morgan fingerprint density at radius 1 is 1.14 bits per heavy atom. The van der Waals surface area contributed by atoms with Crippen LogP contribution in [0.1, 0.15) is 30.9 Å². The maximum atomic E-state index is 12.8. The Morgan fingerprint density at radius 2 is 1.81 bits per heavy atom. The summed E-state index contributed by atoms with van der Waals surface area (Å²) in [6.07, 6.45) is 1.37. The number of ketones is 2. The number of carbonyl (C=O) groups excluding carboxylic acids is 2. The standard InChI is InChI=1S/C18H20O3/c1-10-7-5-6-8-12(10)15-11(2)16-13(19)9-14(21-4)17(20)18(15,16)3/h5-9,11,15-16H,1-4H3/t11-,15+,16+,18+/m1/s1. The van der Waals surface area contributed by atoms with Crippen molar-refractivity contribution >= 4 is 11.6 Å². The highest BCUT2D eigenvalue weighted by atomic mass is 16.5. The van der Waals surface area contributed by atoms with Crippen LogP contribution < -0.4 is 0 Å². The lowest BCUT2D eigenvalue weighted by molar-refractivity contribution is -0.159. The number of benzene rings is 1. The molecule has 2 aliphatic rings. The molecule has 1 aromatic carbocycles. The van der Waals surface area contributed by atoms with Gasteiger partial charge >= 0.3 is 0 Å². The van der Waals surface area contributed by atoms with Gasteiger partial charge in [0.1, 0.15) is 0 Å². The molecule has 1 saturated carbocycles. The van der Waals surface area contributed by atoms with E-state index in [1.807, 2.05) is 19.1 Å². The van der Waals surface area contributed by atoms with Gasteiger partial charge in [0.2, 0.25) is 5.78 Å². The van der Waals surface area contributed by atoms with E-state index < -0.39 is 5.41 Å². The Balaban J connectivity index is 2.11. The van der Waals surface area contributed by atoms with Gasteiger partial charge in [-0.1, -0.05) is 38.1 Å². The van der Waals surface area contributed by atoms with Crippen molar-refractivity contribution < 1.29 is 14.3 Å². The minimum absolute atomic E-state index is 0.0197. The number of hydrogen-bond donors (Lipinski definition) is 0. The maximum absolute atomic E-state index is 12.8. The van der Waals surface area contributed by atoms with Crippen LogP contribution in [0.15, 0.2) is 36.1 Å². The molecule has 1 fully saturated rings. The molecular weight excluding hydrogens is 264 g/mol. The Morgan fingerprint density at radius 3 is 2.43 bits per heavy atom. The molecule has 0 spiro atoms. The molecule has 2 aliphatic carbocycles. The van der Waals surface area contributed by atoms with Crippen molar-refractivity contribution in [3.8, 4) is 0 Å². The fraction of sp³-hybridized carbons (Fsp3) is 0.444. The number of hydrogen-bond acceptors (Lipinski definition) is 3. The zero-order valence-electron chi connectivity index (χ0n) is 12.8. The summed E-state index contributed by atoms with van der Waals surface area (Å²) in [5.41, 5.74) is 1.66. The lowest BCUT2D eigenvalue weighted by Crippen LogP contribution is -2.62. The summed E-state index contributed by atoms with van der Waals surface area (Å²) in [7, 11) is 1.45. The summed E-state index contributed by atoms with van der Waals surface area (Å²) in [6, 6.07) is 8.12. The van der Waals surface area contributed by atoms with Gasteiger partial charge in [0.15, 0.2) is 11.5 Å². The van der Waals surface area contributed by atoms with Crippen LogP contribution in [0.4, 0.5) is 0 Å². The van der Waals surface area contributed by atoms with Gasteiger partial charge in [-0.3, -0.25) is 9.59 Å². The quantitative estimate of drug-likeness (QED) is 0.838. The molecule has 3 rings (SSSR count). The minimum atomic E-state index is -0.678. The number of fused-ring (bicyclic) bond motifs is 1. The first-order chi connectivity index (χ1) is 9.92. The Kier molecular flexibility index (Phi) is 3.05.